The van der Waals surface area contributed by atoms with Crippen LogP contribution in [0.1, 0.15) is 11.3 Å². The van der Waals surface area contributed by atoms with Crippen molar-refractivity contribution in [2.24, 2.45) is 4.99 Å². The van der Waals surface area contributed by atoms with E-state index >= 15 is 0 Å². The van der Waals surface area contributed by atoms with Gasteiger partial charge in [-0.1, -0.05) is 11.6 Å². The number of phenolic OH excluding ortho intramolecular Hbond substituents is 1. The number of carbonyl (C=O) groups excluding carboxylic acids is 1. The summed E-state index contributed by atoms with van der Waals surface area (Å²) >= 11 is 5.97. The molecule has 0 fully saturated rings. The number of amides is 1. The molecule has 0 saturated heterocycles. The third kappa shape index (κ3) is 3.00. The molecule has 1 aliphatic heterocycles. The molecule has 1 N–H and O–H groups in total. The van der Waals surface area contributed by atoms with Gasteiger partial charge in [0.2, 0.25) is 0 Å². The van der Waals surface area contributed by atoms with Crippen LogP contribution < -0.4 is 4.90 Å². The average Bonchev–Trinajstić information content (AvgIpc) is 3.26. The number of rotatable bonds is 3. The molecule has 2 aromatic carbocycles. The number of carbonyl (C=O) groups is 1. The van der Waals surface area contributed by atoms with Crippen molar-refractivity contribution in [2.75, 3.05) is 4.90 Å². The van der Waals surface area contributed by atoms with Crippen LogP contribution in [0.25, 0.3) is 6.08 Å². The van der Waals surface area contributed by atoms with Gasteiger partial charge in [0.1, 0.15) is 23.0 Å². The van der Waals surface area contributed by atoms with Gasteiger partial charge in [-0.15, -0.1) is 0 Å². The van der Waals surface area contributed by atoms with Crippen molar-refractivity contribution < 1.29 is 14.3 Å². The first kappa shape index (κ1) is 16.2. The van der Waals surface area contributed by atoms with Crippen LogP contribution in [-0.2, 0) is 4.79 Å². The molecule has 1 aliphatic rings. The molecular formula is C20H13ClN2O3. The fourth-order valence-corrected chi connectivity index (χ4v) is 2.78. The molecule has 0 unspecified atom stereocenters. The lowest BCUT2D eigenvalue weighted by Crippen LogP contribution is -2.32. The number of hydrogen-bond acceptors (Lipinski definition) is 4. The van der Waals surface area contributed by atoms with Gasteiger partial charge in [0.15, 0.2) is 0 Å². The fraction of sp³-hybridized carbons (Fsp3) is 0. The first-order valence-corrected chi connectivity index (χ1v) is 8.23. The summed E-state index contributed by atoms with van der Waals surface area (Å²) in [6.45, 7) is 0. The highest BCUT2D eigenvalue weighted by Crippen LogP contribution is 2.29. The summed E-state index contributed by atoms with van der Waals surface area (Å²) in [4.78, 5) is 19.0. The van der Waals surface area contributed by atoms with E-state index in [2.05, 4.69) is 4.99 Å². The molecule has 6 heteroatoms. The smallest absolute Gasteiger partial charge is 0.282 e. The number of hydrogen-bond donors (Lipinski definition) is 1. The molecule has 0 atom stereocenters. The molecule has 1 amide bonds. The molecule has 2 heterocycles. The number of benzene rings is 2. The molecule has 1 aromatic heterocycles. The Morgan fingerprint density at radius 1 is 1.04 bits per heavy atom. The van der Waals surface area contributed by atoms with Crippen LogP contribution >= 0.6 is 11.6 Å². The maximum absolute atomic E-state index is 13.0. The number of halogens is 1. The summed E-state index contributed by atoms with van der Waals surface area (Å²) < 4.78 is 5.29. The minimum atomic E-state index is -0.281. The first-order chi connectivity index (χ1) is 12.6. The number of furan rings is 1. The minimum Gasteiger partial charge on any atom is -0.508 e. The Morgan fingerprint density at radius 3 is 2.42 bits per heavy atom. The Labute approximate surface area is 154 Å². The fourth-order valence-electron chi connectivity index (χ4n) is 2.66. The second kappa shape index (κ2) is 6.54. The van der Waals surface area contributed by atoms with E-state index in [1.54, 1.807) is 54.6 Å². The number of aliphatic imine (C=N–C) groups is 1. The van der Waals surface area contributed by atoms with Gasteiger partial charge in [0, 0.05) is 16.7 Å². The average molecular weight is 365 g/mol. The van der Waals surface area contributed by atoms with E-state index in [4.69, 9.17) is 16.0 Å². The number of aromatic hydroxyl groups is 1. The Balaban J connectivity index is 1.82. The monoisotopic (exact) mass is 364 g/mol. The third-order valence-electron chi connectivity index (χ3n) is 3.89. The van der Waals surface area contributed by atoms with E-state index in [0.717, 1.165) is 5.56 Å². The second-order valence-corrected chi connectivity index (χ2v) is 6.08. The Kier molecular flexibility index (Phi) is 4.07. The van der Waals surface area contributed by atoms with Crippen LogP contribution in [-0.4, -0.2) is 16.8 Å². The van der Waals surface area contributed by atoms with E-state index in [0.29, 0.717) is 22.3 Å². The SMILES string of the molecule is O=C1/C(=C\c2ccco2)N=C(c2ccc(Cl)cc2)N1c1ccc(O)cc1. The normalized spacial score (nSPS) is 15.6. The zero-order chi connectivity index (χ0) is 18.1. The number of amidine groups is 1. The van der Waals surface area contributed by atoms with Crippen molar-refractivity contribution in [3.63, 3.8) is 0 Å². The van der Waals surface area contributed by atoms with Crippen molar-refractivity contribution in [2.45, 2.75) is 0 Å². The van der Waals surface area contributed by atoms with Gasteiger partial charge in [-0.05, 0) is 60.7 Å². The summed E-state index contributed by atoms with van der Waals surface area (Å²) in [6.07, 6.45) is 3.13. The van der Waals surface area contributed by atoms with Gasteiger partial charge in [0.25, 0.3) is 5.91 Å². The molecule has 26 heavy (non-hydrogen) atoms. The van der Waals surface area contributed by atoms with Crippen LogP contribution in [0.4, 0.5) is 5.69 Å². The van der Waals surface area contributed by atoms with Crippen molar-refractivity contribution in [1.82, 2.24) is 0 Å². The van der Waals surface area contributed by atoms with Crippen molar-refractivity contribution in [3.05, 3.63) is 89.0 Å². The van der Waals surface area contributed by atoms with Crippen LogP contribution in [0.2, 0.25) is 5.02 Å². The van der Waals surface area contributed by atoms with Gasteiger partial charge >= 0.3 is 0 Å². The van der Waals surface area contributed by atoms with E-state index in [1.165, 1.54) is 23.3 Å². The highest BCUT2D eigenvalue weighted by atomic mass is 35.5. The zero-order valence-electron chi connectivity index (χ0n) is 13.5. The molecule has 4 rings (SSSR count). The highest BCUT2D eigenvalue weighted by Gasteiger charge is 2.32. The Morgan fingerprint density at radius 2 is 1.77 bits per heavy atom. The summed E-state index contributed by atoms with van der Waals surface area (Å²) in [5, 5.41) is 10.1. The van der Waals surface area contributed by atoms with Gasteiger partial charge < -0.3 is 9.52 Å². The topological polar surface area (TPSA) is 66.0 Å². The molecule has 5 nitrogen and oxygen atoms in total. The third-order valence-corrected chi connectivity index (χ3v) is 4.14. The zero-order valence-corrected chi connectivity index (χ0v) is 14.2. The van der Waals surface area contributed by atoms with Crippen LogP contribution in [0, 0.1) is 0 Å². The molecule has 3 aromatic rings. The Hall–Kier alpha value is -3.31. The quantitative estimate of drug-likeness (QED) is 0.697. The predicted molar refractivity (Wildman–Crippen MR) is 100 cm³/mol. The second-order valence-electron chi connectivity index (χ2n) is 5.64. The highest BCUT2D eigenvalue weighted by molar-refractivity contribution is 6.34. The van der Waals surface area contributed by atoms with E-state index < -0.39 is 0 Å². The van der Waals surface area contributed by atoms with Gasteiger partial charge in [-0.3, -0.25) is 9.69 Å². The molecule has 0 bridgehead atoms. The standard InChI is InChI=1S/C20H13ClN2O3/c21-14-5-3-13(4-6-14)19-22-18(12-17-2-1-11-26-17)20(25)23(19)15-7-9-16(24)10-8-15/h1-12,24H/b18-12+. The molecular weight excluding hydrogens is 352 g/mol. The Bertz CT molecular complexity index is 1000. The molecule has 0 saturated carbocycles. The summed E-state index contributed by atoms with van der Waals surface area (Å²) in [6, 6.07) is 17.0. The van der Waals surface area contributed by atoms with E-state index in [-0.39, 0.29) is 17.4 Å². The number of anilines is 1. The molecule has 0 radical (unpaired) electrons. The minimum absolute atomic E-state index is 0.122. The van der Waals surface area contributed by atoms with E-state index in [9.17, 15) is 9.90 Å². The summed E-state index contributed by atoms with van der Waals surface area (Å²) in [5.41, 5.74) is 1.61. The lowest BCUT2D eigenvalue weighted by Gasteiger charge is -2.18. The van der Waals surface area contributed by atoms with Crippen LogP contribution in [0.3, 0.4) is 0 Å². The lowest BCUT2D eigenvalue weighted by atomic mass is 10.1. The molecule has 128 valence electrons. The van der Waals surface area contributed by atoms with Crippen LogP contribution in [0.15, 0.2) is 82.0 Å². The maximum atomic E-state index is 13.0. The summed E-state index contributed by atoms with van der Waals surface area (Å²) in [5.74, 6) is 0.865. The van der Waals surface area contributed by atoms with Gasteiger partial charge in [-0.2, -0.15) is 0 Å². The van der Waals surface area contributed by atoms with Gasteiger partial charge in [-0.25, -0.2) is 4.99 Å². The van der Waals surface area contributed by atoms with Crippen LogP contribution in [0.5, 0.6) is 5.75 Å². The molecule has 0 spiro atoms. The van der Waals surface area contributed by atoms with Crippen molar-refractivity contribution in [3.8, 4) is 5.75 Å². The first-order valence-electron chi connectivity index (χ1n) is 7.85. The largest absolute Gasteiger partial charge is 0.508 e. The number of phenols is 1. The lowest BCUT2D eigenvalue weighted by molar-refractivity contribution is -0.113. The summed E-state index contributed by atoms with van der Waals surface area (Å²) in [7, 11) is 0. The maximum Gasteiger partial charge on any atom is 0.282 e. The number of nitrogens with zero attached hydrogens (tertiary/aromatic N) is 2. The van der Waals surface area contributed by atoms with Crippen molar-refractivity contribution >= 4 is 35.1 Å². The van der Waals surface area contributed by atoms with E-state index in [1.807, 2.05) is 0 Å². The van der Waals surface area contributed by atoms with Gasteiger partial charge in [0.05, 0.1) is 12.0 Å². The molecule has 0 aliphatic carbocycles. The predicted octanol–water partition coefficient (Wildman–Crippen LogP) is 4.47. The van der Waals surface area contributed by atoms with Crippen molar-refractivity contribution in [1.29, 1.82) is 0 Å².